The van der Waals surface area contributed by atoms with E-state index in [0.29, 0.717) is 29.4 Å². The van der Waals surface area contributed by atoms with Gasteiger partial charge in [-0.05, 0) is 36.8 Å². The van der Waals surface area contributed by atoms with E-state index in [1.807, 2.05) is 6.07 Å². The Bertz CT molecular complexity index is 723. The number of unbranched alkanes of at least 4 members (excludes halogenated alkanes) is 1. The van der Waals surface area contributed by atoms with Gasteiger partial charge < -0.3 is 9.47 Å². The molecule has 1 aromatic carbocycles. The lowest BCUT2D eigenvalue weighted by Gasteiger charge is -2.13. The number of nitrogens with zero attached hydrogens (tertiary/aromatic N) is 2. The van der Waals surface area contributed by atoms with Crippen LogP contribution >= 0.6 is 0 Å². The molecule has 1 heterocycles. The molecule has 0 aliphatic heterocycles. The van der Waals surface area contributed by atoms with Gasteiger partial charge in [0.05, 0.1) is 25.5 Å². The van der Waals surface area contributed by atoms with Gasteiger partial charge in [-0.25, -0.2) is 0 Å². The fourth-order valence-corrected chi connectivity index (χ4v) is 2.24. The number of pyridine rings is 1. The van der Waals surface area contributed by atoms with E-state index >= 15 is 0 Å². The summed E-state index contributed by atoms with van der Waals surface area (Å²) in [6.45, 7) is 2.68. The second-order valence-corrected chi connectivity index (χ2v) is 5.25. The molecule has 0 bridgehead atoms. The third kappa shape index (κ3) is 4.11. The molecule has 0 aliphatic rings. The van der Waals surface area contributed by atoms with Crippen LogP contribution in [0.1, 0.15) is 41.7 Å². The number of benzene rings is 1. The number of nitriles is 1. The molecule has 24 heavy (non-hydrogen) atoms. The van der Waals surface area contributed by atoms with E-state index in [2.05, 4.69) is 11.9 Å². The van der Waals surface area contributed by atoms with Crippen molar-refractivity contribution in [3.8, 4) is 17.6 Å². The minimum absolute atomic E-state index is 0.311. The van der Waals surface area contributed by atoms with Crippen molar-refractivity contribution < 1.29 is 14.3 Å². The minimum Gasteiger partial charge on any atom is -0.493 e. The lowest BCUT2D eigenvalue weighted by molar-refractivity contribution is 0.0977. The number of Topliss-reactive ketones (excluding diaryl/α,β-unsaturated/α-hetero) is 1. The second kappa shape index (κ2) is 8.68. The van der Waals surface area contributed by atoms with Crippen molar-refractivity contribution >= 4 is 5.78 Å². The van der Waals surface area contributed by atoms with Gasteiger partial charge in [0.15, 0.2) is 23.2 Å². The zero-order valence-corrected chi connectivity index (χ0v) is 13.9. The highest BCUT2D eigenvalue weighted by Crippen LogP contribution is 2.30. The van der Waals surface area contributed by atoms with Crippen LogP contribution in [-0.4, -0.2) is 24.5 Å². The molecule has 1 aromatic heterocycles. The number of ether oxygens (including phenoxy) is 2. The molecule has 1 atom stereocenters. The Morgan fingerprint density at radius 2 is 2.12 bits per heavy atom. The van der Waals surface area contributed by atoms with Crippen LogP contribution in [0.3, 0.4) is 0 Å². The van der Waals surface area contributed by atoms with Crippen molar-refractivity contribution in [1.82, 2.24) is 4.98 Å². The van der Waals surface area contributed by atoms with Gasteiger partial charge in [-0.2, -0.15) is 5.26 Å². The predicted octanol–water partition coefficient (Wildman–Crippen LogP) is 3.76. The normalized spacial score (nSPS) is 11.4. The van der Waals surface area contributed by atoms with Crippen LogP contribution in [0, 0.1) is 11.3 Å². The van der Waals surface area contributed by atoms with E-state index in [1.165, 1.54) is 7.11 Å². The number of carbonyl (C=O) groups is 1. The fraction of sp³-hybridized carbons (Fsp3) is 0.316. The zero-order valence-electron chi connectivity index (χ0n) is 13.9. The van der Waals surface area contributed by atoms with Gasteiger partial charge >= 0.3 is 0 Å². The number of hydrogen-bond acceptors (Lipinski definition) is 5. The average molecular weight is 324 g/mol. The van der Waals surface area contributed by atoms with Crippen molar-refractivity contribution in [2.75, 3.05) is 13.7 Å². The quantitative estimate of drug-likeness (QED) is 0.546. The van der Waals surface area contributed by atoms with Crippen molar-refractivity contribution in [2.45, 2.75) is 25.7 Å². The highest BCUT2D eigenvalue weighted by atomic mass is 16.5. The maximum Gasteiger partial charge on any atom is 0.186 e. The van der Waals surface area contributed by atoms with Crippen molar-refractivity contribution in [3.63, 3.8) is 0 Å². The van der Waals surface area contributed by atoms with Gasteiger partial charge in [-0.3, -0.25) is 9.78 Å². The van der Waals surface area contributed by atoms with Crippen LogP contribution in [0.5, 0.6) is 11.5 Å². The monoisotopic (exact) mass is 324 g/mol. The Balaban J connectivity index is 2.24. The summed E-state index contributed by atoms with van der Waals surface area (Å²) in [6.07, 6.45) is 3.55. The molecule has 2 rings (SSSR count). The third-order valence-corrected chi connectivity index (χ3v) is 3.58. The Kier molecular flexibility index (Phi) is 6.32. The Morgan fingerprint density at radius 1 is 1.29 bits per heavy atom. The second-order valence-electron chi connectivity index (χ2n) is 5.25. The van der Waals surface area contributed by atoms with Gasteiger partial charge in [0.2, 0.25) is 0 Å². The first-order chi connectivity index (χ1) is 11.7. The number of hydrogen-bond donors (Lipinski definition) is 0. The van der Waals surface area contributed by atoms with Crippen LogP contribution in [0.25, 0.3) is 0 Å². The van der Waals surface area contributed by atoms with Crippen LogP contribution < -0.4 is 9.47 Å². The lowest BCUT2D eigenvalue weighted by atomic mass is 9.95. The molecule has 5 nitrogen and oxygen atoms in total. The van der Waals surface area contributed by atoms with Crippen LogP contribution in [0.15, 0.2) is 42.6 Å². The van der Waals surface area contributed by atoms with E-state index in [-0.39, 0.29) is 5.78 Å². The number of rotatable bonds is 8. The van der Waals surface area contributed by atoms with Gasteiger partial charge in [-0.1, -0.05) is 19.4 Å². The maximum atomic E-state index is 12.7. The van der Waals surface area contributed by atoms with E-state index in [0.717, 1.165) is 12.8 Å². The molecule has 124 valence electrons. The summed E-state index contributed by atoms with van der Waals surface area (Å²) in [7, 11) is 1.52. The summed E-state index contributed by atoms with van der Waals surface area (Å²) >= 11 is 0. The molecule has 2 aromatic rings. The molecule has 5 heteroatoms. The number of ketones is 1. The van der Waals surface area contributed by atoms with E-state index in [4.69, 9.17) is 9.47 Å². The van der Waals surface area contributed by atoms with E-state index in [9.17, 15) is 10.1 Å². The molecule has 0 saturated carbocycles. The predicted molar refractivity (Wildman–Crippen MR) is 90.3 cm³/mol. The summed E-state index contributed by atoms with van der Waals surface area (Å²) in [5.74, 6) is -0.180. The SMILES string of the molecule is CCCCOc1ccc(C(=O)[C@H](C#N)c2ccccn2)cc1OC. The molecular formula is C19H20N2O3. The zero-order chi connectivity index (χ0) is 17.4. The Labute approximate surface area is 141 Å². The smallest absolute Gasteiger partial charge is 0.186 e. The van der Waals surface area contributed by atoms with Gasteiger partial charge in [0.1, 0.15) is 0 Å². The Hall–Kier alpha value is -2.87. The summed E-state index contributed by atoms with van der Waals surface area (Å²) in [5, 5.41) is 9.37. The molecule has 0 unspecified atom stereocenters. The van der Waals surface area contributed by atoms with E-state index in [1.54, 1.807) is 42.6 Å². The van der Waals surface area contributed by atoms with Crippen molar-refractivity contribution in [2.24, 2.45) is 0 Å². The van der Waals surface area contributed by atoms with Gasteiger partial charge in [0.25, 0.3) is 0 Å². The Morgan fingerprint density at radius 3 is 2.75 bits per heavy atom. The molecule has 0 N–H and O–H groups in total. The van der Waals surface area contributed by atoms with Gasteiger partial charge in [0, 0.05) is 11.8 Å². The van der Waals surface area contributed by atoms with Crippen molar-refractivity contribution in [1.29, 1.82) is 5.26 Å². The van der Waals surface area contributed by atoms with E-state index < -0.39 is 5.92 Å². The summed E-state index contributed by atoms with van der Waals surface area (Å²) in [5.41, 5.74) is 0.833. The summed E-state index contributed by atoms with van der Waals surface area (Å²) in [4.78, 5) is 16.8. The maximum absolute atomic E-state index is 12.7. The highest BCUT2D eigenvalue weighted by molar-refractivity contribution is 6.03. The first-order valence-corrected chi connectivity index (χ1v) is 7.86. The minimum atomic E-state index is -0.942. The third-order valence-electron chi connectivity index (χ3n) is 3.58. The standard InChI is InChI=1S/C19H20N2O3/c1-3-4-11-24-17-9-8-14(12-18(17)23-2)19(22)15(13-20)16-7-5-6-10-21-16/h5-10,12,15H,3-4,11H2,1-2H3/t15-/m1/s1. The molecule has 0 radical (unpaired) electrons. The first kappa shape index (κ1) is 17.5. The molecule has 0 amide bonds. The summed E-state index contributed by atoms with van der Waals surface area (Å²) in [6, 6.07) is 12.2. The summed E-state index contributed by atoms with van der Waals surface area (Å²) < 4.78 is 11.0. The molecular weight excluding hydrogens is 304 g/mol. The van der Waals surface area contributed by atoms with Crippen molar-refractivity contribution in [3.05, 3.63) is 53.9 Å². The van der Waals surface area contributed by atoms with Crippen LogP contribution in [0.4, 0.5) is 0 Å². The number of aromatic nitrogens is 1. The largest absolute Gasteiger partial charge is 0.493 e. The molecule has 0 aliphatic carbocycles. The highest BCUT2D eigenvalue weighted by Gasteiger charge is 2.24. The average Bonchev–Trinajstić information content (AvgIpc) is 2.63. The van der Waals surface area contributed by atoms with Gasteiger partial charge in [-0.15, -0.1) is 0 Å². The van der Waals surface area contributed by atoms with Crippen LogP contribution in [0.2, 0.25) is 0 Å². The molecule has 0 saturated heterocycles. The number of carbonyl (C=O) groups excluding carboxylic acids is 1. The topological polar surface area (TPSA) is 72.2 Å². The molecule has 0 fully saturated rings. The number of methoxy groups -OCH3 is 1. The molecule has 0 spiro atoms. The van der Waals surface area contributed by atoms with Crippen LogP contribution in [-0.2, 0) is 0 Å². The fourth-order valence-electron chi connectivity index (χ4n) is 2.24. The lowest BCUT2D eigenvalue weighted by Crippen LogP contribution is -2.13. The first-order valence-electron chi connectivity index (χ1n) is 7.86.